The number of carbonyl (C=O) groups is 2. The molecule has 4 bridgehead atoms. The third-order valence-electron chi connectivity index (χ3n) is 5.88. The first-order valence-electron chi connectivity index (χ1n) is 8.92. The lowest BCUT2D eigenvalue weighted by atomic mass is 9.46. The van der Waals surface area contributed by atoms with E-state index in [2.05, 4.69) is 5.32 Å². The second-order valence-electron chi connectivity index (χ2n) is 9.34. The highest BCUT2D eigenvalue weighted by molar-refractivity contribution is 5.72. The van der Waals surface area contributed by atoms with Crippen LogP contribution in [-0.2, 0) is 9.53 Å². The molecule has 4 rings (SSSR count). The van der Waals surface area contributed by atoms with Gasteiger partial charge in [-0.2, -0.15) is 0 Å². The van der Waals surface area contributed by atoms with Crippen LogP contribution in [0, 0.1) is 17.3 Å². The quantitative estimate of drug-likeness (QED) is 0.732. The molecule has 3 N–H and O–H groups in total. The van der Waals surface area contributed by atoms with Crippen molar-refractivity contribution in [3.8, 4) is 0 Å². The van der Waals surface area contributed by atoms with Gasteiger partial charge >= 0.3 is 12.1 Å². The minimum Gasteiger partial charge on any atom is -0.481 e. The van der Waals surface area contributed by atoms with Crippen LogP contribution in [0.2, 0.25) is 0 Å². The molecule has 2 unspecified atom stereocenters. The van der Waals surface area contributed by atoms with Crippen molar-refractivity contribution in [3.05, 3.63) is 0 Å². The highest BCUT2D eigenvalue weighted by Crippen LogP contribution is 2.63. The summed E-state index contributed by atoms with van der Waals surface area (Å²) < 4.78 is 5.33. The number of aliphatic carboxylic acids is 1. The summed E-state index contributed by atoms with van der Waals surface area (Å²) in [4.78, 5) is 23.6. The van der Waals surface area contributed by atoms with E-state index in [1.807, 2.05) is 0 Å². The van der Waals surface area contributed by atoms with Crippen LogP contribution >= 0.6 is 0 Å². The summed E-state index contributed by atoms with van der Waals surface area (Å²) in [5.74, 6) is -0.0558. The fourth-order valence-corrected chi connectivity index (χ4v) is 5.74. The summed E-state index contributed by atoms with van der Waals surface area (Å²) in [5, 5.41) is 23.0. The molecule has 6 heteroatoms. The molecule has 4 aliphatic rings. The van der Waals surface area contributed by atoms with Crippen LogP contribution < -0.4 is 5.32 Å². The predicted molar refractivity (Wildman–Crippen MR) is 87.5 cm³/mol. The molecule has 0 aromatic heterocycles. The molecule has 0 aromatic rings. The normalized spacial score (nSPS) is 38.7. The van der Waals surface area contributed by atoms with E-state index >= 15 is 0 Å². The summed E-state index contributed by atoms with van der Waals surface area (Å²) in [6.07, 6.45) is 4.41. The van der Waals surface area contributed by atoms with Gasteiger partial charge in [0.25, 0.3) is 0 Å². The van der Waals surface area contributed by atoms with Gasteiger partial charge in [-0.15, -0.1) is 0 Å². The smallest absolute Gasteiger partial charge is 0.407 e. The van der Waals surface area contributed by atoms with Crippen molar-refractivity contribution in [2.24, 2.45) is 17.3 Å². The molecule has 0 aliphatic heterocycles. The molecule has 0 saturated heterocycles. The Balaban J connectivity index is 1.81. The van der Waals surface area contributed by atoms with Gasteiger partial charge in [0.15, 0.2) is 0 Å². The van der Waals surface area contributed by atoms with E-state index < -0.39 is 29.3 Å². The minimum absolute atomic E-state index is 0.130. The molecule has 0 heterocycles. The highest BCUT2D eigenvalue weighted by Gasteiger charge is 2.60. The third-order valence-corrected chi connectivity index (χ3v) is 5.88. The lowest BCUT2D eigenvalue weighted by Crippen LogP contribution is -2.62. The number of hydrogen-bond acceptors (Lipinski definition) is 4. The van der Waals surface area contributed by atoms with Crippen molar-refractivity contribution in [3.63, 3.8) is 0 Å². The Bertz CT molecular complexity index is 524. The predicted octanol–water partition coefficient (Wildman–Crippen LogP) is 2.69. The van der Waals surface area contributed by atoms with Crippen molar-refractivity contribution in [2.45, 2.75) is 83.0 Å². The van der Waals surface area contributed by atoms with E-state index in [0.29, 0.717) is 18.3 Å². The molecule has 24 heavy (non-hydrogen) atoms. The average molecular weight is 339 g/mol. The van der Waals surface area contributed by atoms with Crippen LogP contribution in [0.15, 0.2) is 0 Å². The molecule has 0 radical (unpaired) electrons. The van der Waals surface area contributed by atoms with Crippen molar-refractivity contribution in [1.29, 1.82) is 0 Å². The van der Waals surface area contributed by atoms with Crippen molar-refractivity contribution in [1.82, 2.24) is 5.32 Å². The summed E-state index contributed by atoms with van der Waals surface area (Å²) in [7, 11) is 0. The van der Waals surface area contributed by atoms with E-state index in [0.717, 1.165) is 32.1 Å². The van der Waals surface area contributed by atoms with Crippen LogP contribution in [0.1, 0.15) is 65.7 Å². The lowest BCUT2D eigenvalue weighted by Gasteiger charge is -2.62. The van der Waals surface area contributed by atoms with Gasteiger partial charge in [-0.3, -0.25) is 4.79 Å². The van der Waals surface area contributed by atoms with Crippen LogP contribution in [0.5, 0.6) is 0 Å². The first kappa shape index (κ1) is 17.5. The molecule has 0 spiro atoms. The number of ether oxygens (including phenoxy) is 1. The number of rotatable bonds is 4. The number of nitrogens with one attached hydrogen (secondary N) is 1. The van der Waals surface area contributed by atoms with Crippen LogP contribution in [0.4, 0.5) is 4.79 Å². The maximum absolute atomic E-state index is 12.2. The minimum atomic E-state index is -0.932. The second kappa shape index (κ2) is 5.61. The monoisotopic (exact) mass is 339 g/mol. The Hall–Kier alpha value is -1.30. The van der Waals surface area contributed by atoms with Gasteiger partial charge in [0.05, 0.1) is 12.0 Å². The standard InChI is InChI=1S/C18H29NO5/c1-16(2,3)24-15(22)19-13(5-14(20)21)17-6-11-4-12(7-17)9-18(23,8-11)10-17/h11-13,23H,4-10H2,1-3H3,(H,19,22)(H,20,21)/t11-,12+,13-,17?,18?/m1/s1. The van der Waals surface area contributed by atoms with E-state index in [9.17, 15) is 19.8 Å². The van der Waals surface area contributed by atoms with E-state index in [1.165, 1.54) is 0 Å². The largest absolute Gasteiger partial charge is 0.481 e. The maximum atomic E-state index is 12.2. The fraction of sp³-hybridized carbons (Fsp3) is 0.889. The summed E-state index contributed by atoms with van der Waals surface area (Å²) >= 11 is 0. The van der Waals surface area contributed by atoms with Gasteiger partial charge in [0.2, 0.25) is 0 Å². The molecule has 4 fully saturated rings. The molecule has 4 aliphatic carbocycles. The van der Waals surface area contributed by atoms with Gasteiger partial charge in [-0.25, -0.2) is 4.79 Å². The van der Waals surface area contributed by atoms with E-state index in [1.54, 1.807) is 20.8 Å². The molecule has 136 valence electrons. The zero-order valence-corrected chi connectivity index (χ0v) is 14.8. The second-order valence-corrected chi connectivity index (χ2v) is 9.34. The number of amides is 1. The molecule has 6 nitrogen and oxygen atoms in total. The SMILES string of the molecule is CC(C)(C)OC(=O)N[C@H](CC(=O)O)C12C[C@@H]3C[C@@H](CC(O)(C3)C1)C2. The molecule has 1 amide bonds. The number of carboxylic acid groups (broad SMARTS) is 1. The van der Waals surface area contributed by atoms with E-state index in [-0.39, 0.29) is 11.8 Å². The first-order valence-corrected chi connectivity index (χ1v) is 8.92. The van der Waals surface area contributed by atoms with Crippen LogP contribution in [0.3, 0.4) is 0 Å². The van der Waals surface area contributed by atoms with Gasteiger partial charge in [-0.05, 0) is 76.5 Å². The fourth-order valence-electron chi connectivity index (χ4n) is 5.74. The third kappa shape index (κ3) is 3.53. The number of aliphatic hydroxyl groups is 1. The molecule has 5 atom stereocenters. The maximum Gasteiger partial charge on any atom is 0.407 e. The highest BCUT2D eigenvalue weighted by atomic mass is 16.6. The van der Waals surface area contributed by atoms with Crippen LogP contribution in [-0.4, -0.2) is 39.5 Å². The Kier molecular flexibility index (Phi) is 4.10. The van der Waals surface area contributed by atoms with Crippen molar-refractivity contribution >= 4 is 12.1 Å². The zero-order chi connectivity index (χ0) is 17.8. The average Bonchev–Trinajstić information content (AvgIpc) is 2.31. The Morgan fingerprint density at radius 2 is 1.79 bits per heavy atom. The number of alkyl carbamates (subject to hydrolysis) is 1. The van der Waals surface area contributed by atoms with Crippen molar-refractivity contribution < 1.29 is 24.5 Å². The van der Waals surface area contributed by atoms with Crippen molar-refractivity contribution in [2.75, 3.05) is 0 Å². The number of carbonyl (C=O) groups excluding carboxylic acids is 1. The van der Waals surface area contributed by atoms with Crippen LogP contribution in [0.25, 0.3) is 0 Å². The number of carboxylic acids is 1. The Morgan fingerprint density at radius 3 is 2.25 bits per heavy atom. The molecule has 4 saturated carbocycles. The summed E-state index contributed by atoms with van der Waals surface area (Å²) in [6.45, 7) is 5.35. The Morgan fingerprint density at radius 1 is 1.21 bits per heavy atom. The lowest BCUT2D eigenvalue weighted by molar-refractivity contribution is -0.176. The number of hydrogen-bond donors (Lipinski definition) is 3. The van der Waals surface area contributed by atoms with Gasteiger partial charge < -0.3 is 20.3 Å². The Labute approximate surface area is 143 Å². The topological polar surface area (TPSA) is 95.9 Å². The van der Waals surface area contributed by atoms with E-state index in [4.69, 9.17) is 4.74 Å². The molecular weight excluding hydrogens is 310 g/mol. The van der Waals surface area contributed by atoms with Gasteiger partial charge in [-0.1, -0.05) is 0 Å². The molecule has 0 aromatic carbocycles. The molecular formula is C18H29NO5. The summed E-state index contributed by atoms with van der Waals surface area (Å²) in [5.41, 5.74) is -1.64. The van der Waals surface area contributed by atoms with Gasteiger partial charge in [0.1, 0.15) is 5.60 Å². The van der Waals surface area contributed by atoms with Gasteiger partial charge in [0, 0.05) is 6.04 Å². The summed E-state index contributed by atoms with van der Waals surface area (Å²) in [6, 6.07) is -0.498. The first-order chi connectivity index (χ1) is 11.0. The zero-order valence-electron chi connectivity index (χ0n) is 14.8.